The third-order valence-corrected chi connectivity index (χ3v) is 1.54. The second kappa shape index (κ2) is 2.35. The van der Waals surface area contributed by atoms with Crippen molar-refractivity contribution in [1.29, 1.82) is 0 Å². The quantitative estimate of drug-likeness (QED) is 0.475. The highest BCUT2D eigenvalue weighted by Gasteiger charge is 2.19. The fourth-order valence-electron chi connectivity index (χ4n) is 1.16. The highest BCUT2D eigenvalue weighted by molar-refractivity contribution is 5.77. The minimum Gasteiger partial charge on any atom is -0.341 e. The maximum absolute atomic E-state index is 10.7. The Morgan fingerprint density at radius 3 is 2.89 bits per heavy atom. The van der Waals surface area contributed by atoms with Crippen LogP contribution in [-0.4, -0.2) is 12.1 Å². The summed E-state index contributed by atoms with van der Waals surface area (Å²) in [6.07, 6.45) is 1.43. The lowest BCUT2D eigenvalue weighted by Gasteiger charge is -2.23. The molecule has 3 N–H and O–H groups in total. The van der Waals surface area contributed by atoms with Gasteiger partial charge in [-0.3, -0.25) is 4.79 Å². The summed E-state index contributed by atoms with van der Waals surface area (Å²) in [6, 6.07) is 0. The zero-order chi connectivity index (χ0) is 6.85. The van der Waals surface area contributed by atoms with Gasteiger partial charge >= 0.3 is 0 Å². The molecule has 0 saturated carbocycles. The molecule has 52 valence electrons. The van der Waals surface area contributed by atoms with Gasteiger partial charge in [-0.05, 0) is 12.3 Å². The predicted octanol–water partition coefficient (Wildman–Crippen LogP) is -0.183. The standard InChI is InChI=1S/C6H12N2O/c1-4-2-5(7)8-6(9)3-4/h4-5H,2-3,7H2,1H3,(H,8,9). The van der Waals surface area contributed by atoms with Crippen molar-refractivity contribution in [2.75, 3.05) is 0 Å². The maximum atomic E-state index is 10.7. The Morgan fingerprint density at radius 2 is 2.44 bits per heavy atom. The van der Waals surface area contributed by atoms with Gasteiger partial charge in [-0.1, -0.05) is 6.92 Å². The topological polar surface area (TPSA) is 55.1 Å². The second-order valence-electron chi connectivity index (χ2n) is 2.72. The molecule has 1 aliphatic heterocycles. The van der Waals surface area contributed by atoms with Gasteiger partial charge in [0.2, 0.25) is 5.91 Å². The van der Waals surface area contributed by atoms with Crippen LogP contribution in [0.4, 0.5) is 0 Å². The van der Waals surface area contributed by atoms with E-state index in [9.17, 15) is 4.79 Å². The molecule has 2 unspecified atom stereocenters. The molecule has 1 fully saturated rings. The van der Waals surface area contributed by atoms with Crippen molar-refractivity contribution in [3.05, 3.63) is 0 Å². The molecule has 0 aromatic rings. The van der Waals surface area contributed by atoms with E-state index >= 15 is 0 Å². The van der Waals surface area contributed by atoms with Gasteiger partial charge in [-0.15, -0.1) is 0 Å². The molecule has 0 aromatic carbocycles. The molecule has 2 atom stereocenters. The Morgan fingerprint density at radius 1 is 1.78 bits per heavy atom. The normalized spacial score (nSPS) is 36.0. The Balaban J connectivity index is 2.43. The smallest absolute Gasteiger partial charge is 0.221 e. The van der Waals surface area contributed by atoms with Crippen molar-refractivity contribution in [1.82, 2.24) is 5.32 Å². The van der Waals surface area contributed by atoms with Crippen LogP contribution in [0.25, 0.3) is 0 Å². The Bertz CT molecular complexity index is 112. The summed E-state index contributed by atoms with van der Waals surface area (Å²) in [5.41, 5.74) is 5.48. The number of nitrogens with two attached hydrogens (primary N) is 1. The summed E-state index contributed by atoms with van der Waals surface area (Å²) >= 11 is 0. The van der Waals surface area contributed by atoms with E-state index in [4.69, 9.17) is 5.73 Å². The summed E-state index contributed by atoms with van der Waals surface area (Å²) in [7, 11) is 0. The Hall–Kier alpha value is -0.570. The third kappa shape index (κ3) is 1.68. The van der Waals surface area contributed by atoms with E-state index < -0.39 is 0 Å². The molecule has 0 bridgehead atoms. The van der Waals surface area contributed by atoms with Crippen LogP contribution < -0.4 is 11.1 Å². The Labute approximate surface area is 54.6 Å². The van der Waals surface area contributed by atoms with Gasteiger partial charge in [0.25, 0.3) is 0 Å². The van der Waals surface area contributed by atoms with E-state index in [1.807, 2.05) is 6.92 Å². The summed E-state index contributed by atoms with van der Waals surface area (Å²) in [4.78, 5) is 10.7. The first-order chi connectivity index (χ1) is 4.18. The molecular weight excluding hydrogens is 116 g/mol. The Kier molecular flexibility index (Phi) is 1.71. The number of hydrogen-bond donors (Lipinski definition) is 2. The van der Waals surface area contributed by atoms with E-state index in [1.165, 1.54) is 0 Å². The number of rotatable bonds is 0. The van der Waals surface area contributed by atoms with Crippen LogP contribution in [0.3, 0.4) is 0 Å². The molecule has 0 radical (unpaired) electrons. The van der Waals surface area contributed by atoms with Gasteiger partial charge in [-0.25, -0.2) is 0 Å². The molecule has 1 aliphatic rings. The van der Waals surface area contributed by atoms with Crippen LogP contribution in [0, 0.1) is 5.92 Å². The molecule has 1 saturated heterocycles. The van der Waals surface area contributed by atoms with Crippen molar-refractivity contribution in [3.8, 4) is 0 Å². The first-order valence-corrected chi connectivity index (χ1v) is 3.23. The molecule has 0 aromatic heterocycles. The number of piperidine rings is 1. The number of nitrogens with one attached hydrogen (secondary N) is 1. The summed E-state index contributed by atoms with van der Waals surface area (Å²) in [5.74, 6) is 0.537. The first kappa shape index (κ1) is 6.55. The molecular formula is C6H12N2O. The summed E-state index contributed by atoms with van der Waals surface area (Å²) in [6.45, 7) is 2.04. The van der Waals surface area contributed by atoms with Crippen LogP contribution in [-0.2, 0) is 4.79 Å². The van der Waals surface area contributed by atoms with Crippen LogP contribution in [0.1, 0.15) is 19.8 Å². The zero-order valence-electron chi connectivity index (χ0n) is 5.55. The SMILES string of the molecule is CC1CC(=O)NC(N)C1. The number of amides is 1. The molecule has 1 amide bonds. The molecule has 9 heavy (non-hydrogen) atoms. The van der Waals surface area contributed by atoms with Gasteiger partial charge in [0.15, 0.2) is 0 Å². The van der Waals surface area contributed by atoms with E-state index in [0.717, 1.165) is 6.42 Å². The van der Waals surface area contributed by atoms with Crippen molar-refractivity contribution in [3.63, 3.8) is 0 Å². The molecule has 0 aliphatic carbocycles. The lowest BCUT2D eigenvalue weighted by Crippen LogP contribution is -2.47. The van der Waals surface area contributed by atoms with E-state index in [2.05, 4.69) is 5.32 Å². The average Bonchev–Trinajstić information content (AvgIpc) is 1.59. The lowest BCUT2D eigenvalue weighted by atomic mass is 9.98. The van der Waals surface area contributed by atoms with Crippen molar-refractivity contribution >= 4 is 5.91 Å². The van der Waals surface area contributed by atoms with Crippen molar-refractivity contribution in [2.45, 2.75) is 25.9 Å². The monoisotopic (exact) mass is 128 g/mol. The minimum atomic E-state index is -0.110. The highest BCUT2D eigenvalue weighted by Crippen LogP contribution is 2.12. The molecule has 3 heteroatoms. The van der Waals surface area contributed by atoms with Crippen LogP contribution in [0.15, 0.2) is 0 Å². The number of carbonyl (C=O) groups excluding carboxylic acids is 1. The number of carbonyl (C=O) groups is 1. The summed E-state index contributed by atoms with van der Waals surface area (Å²) < 4.78 is 0. The van der Waals surface area contributed by atoms with E-state index in [1.54, 1.807) is 0 Å². The molecule has 1 rings (SSSR count). The molecule has 1 heterocycles. The lowest BCUT2D eigenvalue weighted by molar-refractivity contribution is -0.124. The van der Waals surface area contributed by atoms with Gasteiger partial charge in [0, 0.05) is 6.42 Å². The second-order valence-corrected chi connectivity index (χ2v) is 2.72. The van der Waals surface area contributed by atoms with Crippen molar-refractivity contribution in [2.24, 2.45) is 11.7 Å². The summed E-state index contributed by atoms with van der Waals surface area (Å²) in [5, 5.41) is 2.65. The fraction of sp³-hybridized carbons (Fsp3) is 0.833. The highest BCUT2D eigenvalue weighted by atomic mass is 16.1. The zero-order valence-corrected chi connectivity index (χ0v) is 5.55. The largest absolute Gasteiger partial charge is 0.341 e. The van der Waals surface area contributed by atoms with Gasteiger partial charge in [0.05, 0.1) is 6.17 Å². The minimum absolute atomic E-state index is 0.0845. The number of hydrogen-bond acceptors (Lipinski definition) is 2. The fourth-order valence-corrected chi connectivity index (χ4v) is 1.16. The van der Waals surface area contributed by atoms with E-state index in [-0.39, 0.29) is 12.1 Å². The molecule has 0 spiro atoms. The van der Waals surface area contributed by atoms with Crippen LogP contribution in [0.5, 0.6) is 0 Å². The maximum Gasteiger partial charge on any atom is 0.221 e. The predicted molar refractivity (Wildman–Crippen MR) is 34.5 cm³/mol. The first-order valence-electron chi connectivity index (χ1n) is 3.23. The third-order valence-electron chi connectivity index (χ3n) is 1.54. The molecule has 3 nitrogen and oxygen atoms in total. The van der Waals surface area contributed by atoms with Gasteiger partial charge < -0.3 is 11.1 Å². The van der Waals surface area contributed by atoms with E-state index in [0.29, 0.717) is 12.3 Å². The van der Waals surface area contributed by atoms with Crippen LogP contribution >= 0.6 is 0 Å². The van der Waals surface area contributed by atoms with Gasteiger partial charge in [0.1, 0.15) is 0 Å². The average molecular weight is 128 g/mol. The van der Waals surface area contributed by atoms with Gasteiger partial charge in [-0.2, -0.15) is 0 Å². The van der Waals surface area contributed by atoms with Crippen LogP contribution in [0.2, 0.25) is 0 Å². The van der Waals surface area contributed by atoms with Crippen molar-refractivity contribution < 1.29 is 4.79 Å².